The summed E-state index contributed by atoms with van der Waals surface area (Å²) in [6.45, 7) is 1.22. The van der Waals surface area contributed by atoms with Crippen molar-refractivity contribution in [3.8, 4) is 11.5 Å². The van der Waals surface area contributed by atoms with E-state index in [1.807, 2.05) is 0 Å². The summed E-state index contributed by atoms with van der Waals surface area (Å²) in [6.07, 6.45) is 1.43. The number of carbonyl (C=O) groups excluding carboxylic acids is 1. The molecule has 0 spiro atoms. The lowest BCUT2D eigenvalue weighted by atomic mass is 10.1. The summed E-state index contributed by atoms with van der Waals surface area (Å²) in [6, 6.07) is 8.77. The third kappa shape index (κ3) is 4.78. The summed E-state index contributed by atoms with van der Waals surface area (Å²) in [5.41, 5.74) is 1.04. The van der Waals surface area contributed by atoms with E-state index in [0.29, 0.717) is 35.7 Å². The van der Waals surface area contributed by atoms with E-state index in [-0.39, 0.29) is 18.6 Å². The molecule has 1 fully saturated rings. The zero-order valence-electron chi connectivity index (χ0n) is 15.9. The topological polar surface area (TPSA) is 48.0 Å². The maximum absolute atomic E-state index is 13.3. The van der Waals surface area contributed by atoms with Crippen LogP contribution in [-0.4, -0.2) is 44.2 Å². The minimum absolute atomic E-state index is 0.127. The Bertz CT molecular complexity index is 821. The van der Waals surface area contributed by atoms with Crippen molar-refractivity contribution in [3.05, 3.63) is 59.2 Å². The molecule has 7 heteroatoms. The first-order valence-electron chi connectivity index (χ1n) is 9.08. The first-order valence-corrected chi connectivity index (χ1v) is 9.08. The molecule has 0 unspecified atom stereocenters. The molecule has 1 amide bonds. The summed E-state index contributed by atoms with van der Waals surface area (Å²) < 4.78 is 42.6. The number of halogens is 2. The van der Waals surface area contributed by atoms with Crippen LogP contribution < -0.4 is 9.47 Å². The average Bonchev–Trinajstić information content (AvgIpc) is 2.73. The van der Waals surface area contributed by atoms with E-state index in [0.717, 1.165) is 25.0 Å². The quantitative estimate of drug-likeness (QED) is 0.752. The van der Waals surface area contributed by atoms with E-state index >= 15 is 0 Å². The standard InChI is InChI=1S/C21H23F2NO4/c1-26-17-9-15(10-18(11-17)27-2)21(25)24-7-3-4-16(12-24)28-13-14-5-6-19(22)20(23)8-14/h5-6,8-11,16H,3-4,7,12-13H2,1-2H3/t16-/m0/s1. The van der Waals surface area contributed by atoms with Gasteiger partial charge in [-0.05, 0) is 42.7 Å². The predicted octanol–water partition coefficient (Wildman–Crippen LogP) is 3.80. The second-order valence-electron chi connectivity index (χ2n) is 6.68. The molecule has 1 saturated heterocycles. The smallest absolute Gasteiger partial charge is 0.254 e. The highest BCUT2D eigenvalue weighted by molar-refractivity contribution is 5.95. The van der Waals surface area contributed by atoms with Crippen molar-refractivity contribution >= 4 is 5.91 Å². The Morgan fingerprint density at radius 2 is 1.79 bits per heavy atom. The molecule has 0 N–H and O–H groups in total. The molecule has 0 bridgehead atoms. The van der Waals surface area contributed by atoms with Crippen LogP contribution in [-0.2, 0) is 11.3 Å². The summed E-state index contributed by atoms with van der Waals surface area (Å²) in [4.78, 5) is 14.6. The lowest BCUT2D eigenvalue weighted by molar-refractivity contribution is -0.00683. The Hall–Kier alpha value is -2.67. The van der Waals surface area contributed by atoms with Gasteiger partial charge in [0.1, 0.15) is 11.5 Å². The van der Waals surface area contributed by atoms with Gasteiger partial charge < -0.3 is 19.1 Å². The highest BCUT2D eigenvalue weighted by Crippen LogP contribution is 2.25. The third-order valence-electron chi connectivity index (χ3n) is 4.73. The molecular formula is C21H23F2NO4. The van der Waals surface area contributed by atoms with Gasteiger partial charge in [-0.25, -0.2) is 8.78 Å². The van der Waals surface area contributed by atoms with Crippen molar-refractivity contribution in [2.24, 2.45) is 0 Å². The fraction of sp³-hybridized carbons (Fsp3) is 0.381. The van der Waals surface area contributed by atoms with Crippen LogP contribution in [0.25, 0.3) is 0 Å². The molecular weight excluding hydrogens is 368 g/mol. The molecule has 1 aliphatic rings. The van der Waals surface area contributed by atoms with Crippen molar-refractivity contribution in [1.82, 2.24) is 4.90 Å². The van der Waals surface area contributed by atoms with Gasteiger partial charge in [0.2, 0.25) is 0 Å². The number of ether oxygens (including phenoxy) is 3. The fourth-order valence-corrected chi connectivity index (χ4v) is 3.22. The molecule has 2 aromatic carbocycles. The Labute approximate surface area is 162 Å². The minimum Gasteiger partial charge on any atom is -0.497 e. The van der Waals surface area contributed by atoms with Crippen LogP contribution in [0.15, 0.2) is 36.4 Å². The minimum atomic E-state index is -0.895. The number of carbonyl (C=O) groups is 1. The Morgan fingerprint density at radius 1 is 1.07 bits per heavy atom. The molecule has 0 aliphatic carbocycles. The predicted molar refractivity (Wildman–Crippen MR) is 99.6 cm³/mol. The van der Waals surface area contributed by atoms with Crippen LogP contribution >= 0.6 is 0 Å². The molecule has 2 aromatic rings. The third-order valence-corrected chi connectivity index (χ3v) is 4.73. The van der Waals surface area contributed by atoms with Crippen LogP contribution in [0.1, 0.15) is 28.8 Å². The molecule has 0 radical (unpaired) electrons. The maximum atomic E-state index is 13.3. The van der Waals surface area contributed by atoms with Crippen molar-refractivity contribution < 1.29 is 27.8 Å². The normalized spacial score (nSPS) is 16.7. The molecule has 150 valence electrons. The number of hydrogen-bond donors (Lipinski definition) is 0. The van der Waals surface area contributed by atoms with Crippen LogP contribution in [0.5, 0.6) is 11.5 Å². The second-order valence-corrected chi connectivity index (χ2v) is 6.68. The summed E-state index contributed by atoms with van der Waals surface area (Å²) in [7, 11) is 3.07. The van der Waals surface area contributed by atoms with Crippen LogP contribution in [0.4, 0.5) is 8.78 Å². The molecule has 1 atom stereocenters. The van der Waals surface area contributed by atoms with Gasteiger partial charge in [0.15, 0.2) is 11.6 Å². The molecule has 0 saturated carbocycles. The summed E-state index contributed by atoms with van der Waals surface area (Å²) in [5.74, 6) is -0.810. The highest BCUT2D eigenvalue weighted by atomic mass is 19.2. The number of piperidine rings is 1. The van der Waals surface area contributed by atoms with Crippen LogP contribution in [0.3, 0.4) is 0 Å². The SMILES string of the molecule is COc1cc(OC)cc(C(=O)N2CCC[C@H](OCc3ccc(F)c(F)c3)C2)c1. The second kappa shape index (κ2) is 9.01. The first kappa shape index (κ1) is 20.1. The first-order chi connectivity index (χ1) is 13.5. The van der Waals surface area contributed by atoms with Gasteiger partial charge >= 0.3 is 0 Å². The van der Waals surface area contributed by atoms with Gasteiger partial charge in [0.25, 0.3) is 5.91 Å². The largest absolute Gasteiger partial charge is 0.497 e. The molecule has 5 nitrogen and oxygen atoms in total. The van der Waals surface area contributed by atoms with Gasteiger partial charge in [-0.15, -0.1) is 0 Å². The number of nitrogens with zero attached hydrogens (tertiary/aromatic N) is 1. The molecule has 0 aromatic heterocycles. The molecule has 1 heterocycles. The van der Waals surface area contributed by atoms with E-state index < -0.39 is 11.6 Å². The zero-order valence-corrected chi connectivity index (χ0v) is 15.9. The van der Waals surface area contributed by atoms with Gasteiger partial charge in [-0.1, -0.05) is 6.07 Å². The highest BCUT2D eigenvalue weighted by Gasteiger charge is 2.26. The Kier molecular flexibility index (Phi) is 6.46. The van der Waals surface area contributed by atoms with Crippen LogP contribution in [0, 0.1) is 11.6 Å². The van der Waals surface area contributed by atoms with Gasteiger partial charge in [-0.3, -0.25) is 4.79 Å². The maximum Gasteiger partial charge on any atom is 0.254 e. The van der Waals surface area contributed by atoms with Gasteiger partial charge in [0.05, 0.1) is 26.9 Å². The van der Waals surface area contributed by atoms with Gasteiger partial charge in [0, 0.05) is 24.7 Å². The van der Waals surface area contributed by atoms with Crippen molar-refractivity contribution in [1.29, 1.82) is 0 Å². The van der Waals surface area contributed by atoms with E-state index in [1.165, 1.54) is 20.3 Å². The van der Waals surface area contributed by atoms with Crippen molar-refractivity contribution in [2.75, 3.05) is 27.3 Å². The molecule has 3 rings (SSSR count). The number of likely N-dealkylation sites (tertiary alicyclic amines) is 1. The zero-order chi connectivity index (χ0) is 20.1. The number of methoxy groups -OCH3 is 2. The Balaban J connectivity index is 1.64. The number of amides is 1. The lowest BCUT2D eigenvalue weighted by Crippen LogP contribution is -2.43. The van der Waals surface area contributed by atoms with E-state index in [4.69, 9.17) is 14.2 Å². The van der Waals surface area contributed by atoms with Crippen molar-refractivity contribution in [3.63, 3.8) is 0 Å². The van der Waals surface area contributed by atoms with Crippen molar-refractivity contribution in [2.45, 2.75) is 25.6 Å². The van der Waals surface area contributed by atoms with E-state index in [9.17, 15) is 13.6 Å². The number of rotatable bonds is 6. The lowest BCUT2D eigenvalue weighted by Gasteiger charge is -2.33. The fourth-order valence-electron chi connectivity index (χ4n) is 3.22. The number of benzene rings is 2. The number of hydrogen-bond acceptors (Lipinski definition) is 4. The van der Waals surface area contributed by atoms with E-state index in [2.05, 4.69) is 0 Å². The molecule has 28 heavy (non-hydrogen) atoms. The summed E-state index contributed by atoms with van der Waals surface area (Å²) in [5, 5.41) is 0. The summed E-state index contributed by atoms with van der Waals surface area (Å²) >= 11 is 0. The van der Waals surface area contributed by atoms with Gasteiger partial charge in [-0.2, -0.15) is 0 Å². The van der Waals surface area contributed by atoms with Crippen LogP contribution in [0.2, 0.25) is 0 Å². The monoisotopic (exact) mass is 391 g/mol. The Morgan fingerprint density at radius 3 is 2.43 bits per heavy atom. The average molecular weight is 391 g/mol. The molecule has 1 aliphatic heterocycles. The van der Waals surface area contributed by atoms with E-state index in [1.54, 1.807) is 23.1 Å².